The molecule has 1 aliphatic heterocycles. The van der Waals surface area contributed by atoms with Gasteiger partial charge in [-0.15, -0.1) is 0 Å². The van der Waals surface area contributed by atoms with Crippen LogP contribution in [0.1, 0.15) is 24.0 Å². The summed E-state index contributed by atoms with van der Waals surface area (Å²) in [5.41, 5.74) is 14.5. The second-order valence-electron chi connectivity index (χ2n) is 4.35. The first kappa shape index (κ1) is 12.1. The predicted molar refractivity (Wildman–Crippen MR) is 68.7 cm³/mol. The molecule has 1 heterocycles. The predicted octanol–water partition coefficient (Wildman–Crippen LogP) is 0.773. The number of carbonyl (C=O) groups is 1. The van der Waals surface area contributed by atoms with Crippen molar-refractivity contribution in [1.29, 1.82) is 0 Å². The lowest BCUT2D eigenvalue weighted by atomic mass is 9.98. The topological polar surface area (TPSA) is 72.3 Å². The van der Waals surface area contributed by atoms with E-state index < -0.39 is 0 Å². The zero-order valence-electron chi connectivity index (χ0n) is 9.98. The Morgan fingerprint density at radius 3 is 2.76 bits per heavy atom. The van der Waals surface area contributed by atoms with Crippen LogP contribution in [-0.4, -0.2) is 19.0 Å². The molecule has 1 aromatic rings. The van der Waals surface area contributed by atoms with Crippen molar-refractivity contribution in [2.24, 2.45) is 11.5 Å². The lowest BCUT2D eigenvalue weighted by Gasteiger charge is -2.29. The van der Waals surface area contributed by atoms with Crippen molar-refractivity contribution in [3.8, 4) is 0 Å². The van der Waals surface area contributed by atoms with Gasteiger partial charge in [-0.3, -0.25) is 4.79 Å². The highest BCUT2D eigenvalue weighted by atomic mass is 16.2. The van der Waals surface area contributed by atoms with Crippen molar-refractivity contribution in [2.75, 3.05) is 18.0 Å². The molecule has 0 bridgehead atoms. The number of nitrogens with two attached hydrogens (primary N) is 2. The highest BCUT2D eigenvalue weighted by Crippen LogP contribution is 2.28. The van der Waals surface area contributed by atoms with Crippen molar-refractivity contribution in [3.05, 3.63) is 29.3 Å². The molecule has 17 heavy (non-hydrogen) atoms. The largest absolute Gasteiger partial charge is 0.330 e. The van der Waals surface area contributed by atoms with Crippen LogP contribution in [0, 0.1) is 0 Å². The van der Waals surface area contributed by atoms with Gasteiger partial charge in [-0.1, -0.05) is 12.1 Å². The molecule has 0 aliphatic carbocycles. The van der Waals surface area contributed by atoms with E-state index in [4.69, 9.17) is 11.5 Å². The molecule has 0 saturated carbocycles. The van der Waals surface area contributed by atoms with E-state index in [1.165, 1.54) is 5.56 Å². The molecule has 2 rings (SSSR count). The molecule has 4 heteroatoms. The van der Waals surface area contributed by atoms with Gasteiger partial charge in [-0.05, 0) is 36.6 Å². The molecule has 0 aromatic heterocycles. The number of hydrogen-bond acceptors (Lipinski definition) is 3. The minimum atomic E-state index is 0.200. The van der Waals surface area contributed by atoms with Gasteiger partial charge in [0.15, 0.2) is 0 Å². The minimum Gasteiger partial charge on any atom is -0.330 e. The van der Waals surface area contributed by atoms with Crippen LogP contribution in [0.2, 0.25) is 0 Å². The smallest absolute Gasteiger partial charge is 0.227 e. The van der Waals surface area contributed by atoms with Gasteiger partial charge in [0.25, 0.3) is 0 Å². The Morgan fingerprint density at radius 2 is 2.06 bits per heavy atom. The Hall–Kier alpha value is -1.39. The fourth-order valence-electron chi connectivity index (χ4n) is 2.23. The number of anilines is 1. The van der Waals surface area contributed by atoms with Gasteiger partial charge in [0, 0.05) is 25.2 Å². The first-order valence-electron chi connectivity index (χ1n) is 6.08. The van der Waals surface area contributed by atoms with Crippen LogP contribution in [0.3, 0.4) is 0 Å². The van der Waals surface area contributed by atoms with E-state index in [1.807, 2.05) is 17.0 Å². The van der Waals surface area contributed by atoms with Crippen molar-refractivity contribution in [2.45, 2.75) is 25.8 Å². The summed E-state index contributed by atoms with van der Waals surface area (Å²) in [5.74, 6) is 0.200. The lowest BCUT2D eigenvalue weighted by Crippen LogP contribution is -2.36. The number of hydrogen-bond donors (Lipinski definition) is 2. The maximum Gasteiger partial charge on any atom is 0.227 e. The summed E-state index contributed by atoms with van der Waals surface area (Å²) in [6.45, 7) is 1.87. The maximum absolute atomic E-state index is 11.9. The lowest BCUT2D eigenvalue weighted by molar-refractivity contribution is -0.118. The Labute approximate surface area is 102 Å². The van der Waals surface area contributed by atoms with E-state index >= 15 is 0 Å². The van der Waals surface area contributed by atoms with Crippen LogP contribution in [-0.2, 0) is 17.8 Å². The zero-order chi connectivity index (χ0) is 12.3. The second-order valence-corrected chi connectivity index (χ2v) is 4.35. The number of amides is 1. The third kappa shape index (κ3) is 2.48. The summed E-state index contributed by atoms with van der Waals surface area (Å²) in [7, 11) is 0. The Morgan fingerprint density at radius 1 is 1.24 bits per heavy atom. The molecular formula is C13H19N3O. The van der Waals surface area contributed by atoms with Crippen LogP contribution in [0.15, 0.2) is 18.2 Å². The van der Waals surface area contributed by atoms with Crippen molar-refractivity contribution in [3.63, 3.8) is 0 Å². The number of nitrogens with zero attached hydrogens (tertiary/aromatic N) is 1. The first-order chi connectivity index (χ1) is 8.26. The summed E-state index contributed by atoms with van der Waals surface area (Å²) in [5, 5.41) is 0. The van der Waals surface area contributed by atoms with Gasteiger partial charge in [0.2, 0.25) is 5.91 Å². The van der Waals surface area contributed by atoms with Gasteiger partial charge in [0.05, 0.1) is 0 Å². The molecule has 0 radical (unpaired) electrons. The number of carbonyl (C=O) groups excluding carboxylic acids is 1. The normalized spacial score (nSPS) is 14.9. The number of rotatable bonds is 4. The number of fused-ring (bicyclic) bond motifs is 1. The van der Waals surface area contributed by atoms with E-state index in [9.17, 15) is 4.79 Å². The molecule has 1 aromatic carbocycles. The van der Waals surface area contributed by atoms with Crippen LogP contribution in [0.25, 0.3) is 0 Å². The van der Waals surface area contributed by atoms with Crippen LogP contribution < -0.4 is 16.4 Å². The molecule has 1 amide bonds. The minimum absolute atomic E-state index is 0.200. The Kier molecular flexibility index (Phi) is 3.76. The van der Waals surface area contributed by atoms with Crippen molar-refractivity contribution in [1.82, 2.24) is 0 Å². The van der Waals surface area contributed by atoms with E-state index in [0.29, 0.717) is 26.1 Å². The third-order valence-electron chi connectivity index (χ3n) is 3.17. The molecule has 0 atom stereocenters. The van der Waals surface area contributed by atoms with Gasteiger partial charge < -0.3 is 16.4 Å². The average Bonchev–Trinajstić information content (AvgIpc) is 2.37. The van der Waals surface area contributed by atoms with Crippen LogP contribution >= 0.6 is 0 Å². The maximum atomic E-state index is 11.9. The van der Waals surface area contributed by atoms with Gasteiger partial charge in [-0.2, -0.15) is 0 Å². The van der Waals surface area contributed by atoms with Gasteiger partial charge >= 0.3 is 0 Å². The summed E-state index contributed by atoms with van der Waals surface area (Å²) in [4.78, 5) is 13.7. The standard InChI is InChI=1S/C13H19N3O/c14-6-1-7-16-12-4-2-10(9-15)8-11(12)3-5-13(16)17/h2,4,8H,1,3,5-7,9,14-15H2. The average molecular weight is 233 g/mol. The van der Waals surface area contributed by atoms with Gasteiger partial charge in [-0.25, -0.2) is 0 Å². The Balaban J connectivity index is 2.28. The van der Waals surface area contributed by atoms with Crippen LogP contribution in [0.5, 0.6) is 0 Å². The monoisotopic (exact) mass is 233 g/mol. The van der Waals surface area contributed by atoms with Crippen LogP contribution in [0.4, 0.5) is 5.69 Å². The quantitative estimate of drug-likeness (QED) is 0.807. The van der Waals surface area contributed by atoms with E-state index in [-0.39, 0.29) is 5.91 Å². The van der Waals surface area contributed by atoms with Gasteiger partial charge in [0.1, 0.15) is 0 Å². The zero-order valence-corrected chi connectivity index (χ0v) is 9.98. The SMILES string of the molecule is NCCCN1C(=O)CCc2cc(CN)ccc21. The fourth-order valence-corrected chi connectivity index (χ4v) is 2.23. The molecule has 92 valence electrons. The molecule has 1 aliphatic rings. The highest BCUT2D eigenvalue weighted by Gasteiger charge is 2.23. The van der Waals surface area contributed by atoms with E-state index in [1.54, 1.807) is 0 Å². The molecule has 0 fully saturated rings. The molecule has 0 unspecified atom stereocenters. The van der Waals surface area contributed by atoms with E-state index in [2.05, 4.69) is 6.07 Å². The van der Waals surface area contributed by atoms with E-state index in [0.717, 1.165) is 24.1 Å². The molecule has 0 saturated heterocycles. The summed E-state index contributed by atoms with van der Waals surface area (Å²) >= 11 is 0. The molecular weight excluding hydrogens is 214 g/mol. The highest BCUT2D eigenvalue weighted by molar-refractivity contribution is 5.96. The fraction of sp³-hybridized carbons (Fsp3) is 0.462. The molecule has 0 spiro atoms. The number of aryl methyl sites for hydroxylation is 1. The summed E-state index contributed by atoms with van der Waals surface area (Å²) in [6, 6.07) is 6.11. The number of benzene rings is 1. The molecule has 4 N–H and O–H groups in total. The van der Waals surface area contributed by atoms with Crippen molar-refractivity contribution < 1.29 is 4.79 Å². The molecule has 4 nitrogen and oxygen atoms in total. The summed E-state index contributed by atoms with van der Waals surface area (Å²) in [6.07, 6.45) is 2.25. The second kappa shape index (κ2) is 5.29. The Bertz CT molecular complexity index is 417. The summed E-state index contributed by atoms with van der Waals surface area (Å²) < 4.78 is 0. The van der Waals surface area contributed by atoms with Crippen molar-refractivity contribution >= 4 is 11.6 Å². The third-order valence-corrected chi connectivity index (χ3v) is 3.17. The first-order valence-corrected chi connectivity index (χ1v) is 6.08.